The van der Waals surface area contributed by atoms with Crippen molar-refractivity contribution < 1.29 is 9.21 Å². The Morgan fingerprint density at radius 2 is 2.00 bits per heavy atom. The first kappa shape index (κ1) is 20.4. The topological polar surface area (TPSA) is 101 Å². The Kier molecular flexibility index (Phi) is 5.04. The lowest BCUT2D eigenvalue weighted by molar-refractivity contribution is 0.0571. The molecule has 7 nitrogen and oxygen atoms in total. The van der Waals surface area contributed by atoms with Crippen molar-refractivity contribution in [2.45, 2.75) is 52.0 Å². The van der Waals surface area contributed by atoms with E-state index in [0.717, 1.165) is 48.7 Å². The molecule has 1 saturated carbocycles. The number of carbonyl (C=O) groups excluding carboxylic acids is 1. The number of amides is 1. The smallest absolute Gasteiger partial charge is 0.272 e. The number of oxazole rings is 1. The minimum Gasteiger partial charge on any atom is -0.441 e. The van der Waals surface area contributed by atoms with Crippen molar-refractivity contribution in [1.82, 2.24) is 20.5 Å². The molecule has 0 unspecified atom stereocenters. The largest absolute Gasteiger partial charge is 0.441 e. The molecule has 1 aliphatic rings. The lowest BCUT2D eigenvalue weighted by Gasteiger charge is -2.48. The van der Waals surface area contributed by atoms with Gasteiger partial charge in [-0.25, -0.2) is 10.1 Å². The van der Waals surface area contributed by atoms with Gasteiger partial charge in [0.05, 0.1) is 11.1 Å². The molecule has 2 heterocycles. The second-order valence-electron chi connectivity index (χ2n) is 8.89. The van der Waals surface area contributed by atoms with Gasteiger partial charge < -0.3 is 9.73 Å². The van der Waals surface area contributed by atoms with Crippen molar-refractivity contribution in [3.8, 4) is 0 Å². The quantitative estimate of drug-likeness (QED) is 0.475. The van der Waals surface area contributed by atoms with E-state index in [4.69, 9.17) is 4.42 Å². The van der Waals surface area contributed by atoms with Crippen LogP contribution in [0.15, 0.2) is 51.7 Å². The minimum absolute atomic E-state index is 0.0797. The Bertz CT molecular complexity index is 1360. The van der Waals surface area contributed by atoms with Crippen LogP contribution in [-0.4, -0.2) is 27.1 Å². The van der Waals surface area contributed by atoms with Crippen molar-refractivity contribution in [3.05, 3.63) is 70.0 Å². The maximum absolute atomic E-state index is 12.7. The molecule has 0 radical (unpaired) electrons. The molecule has 0 bridgehead atoms. The first-order valence-corrected chi connectivity index (χ1v) is 11.1. The van der Waals surface area contributed by atoms with Gasteiger partial charge in [0.2, 0.25) is 0 Å². The van der Waals surface area contributed by atoms with Gasteiger partial charge in [-0.05, 0) is 55.4 Å². The van der Waals surface area contributed by atoms with Gasteiger partial charge in [-0.3, -0.25) is 9.59 Å². The van der Waals surface area contributed by atoms with Crippen LogP contribution in [0.25, 0.3) is 21.9 Å². The summed E-state index contributed by atoms with van der Waals surface area (Å²) in [7, 11) is 0. The van der Waals surface area contributed by atoms with Crippen molar-refractivity contribution in [3.63, 3.8) is 0 Å². The number of hydrogen-bond acceptors (Lipinski definition) is 5. The Morgan fingerprint density at radius 3 is 2.78 bits per heavy atom. The van der Waals surface area contributed by atoms with Crippen LogP contribution in [-0.2, 0) is 6.42 Å². The van der Waals surface area contributed by atoms with Gasteiger partial charge in [-0.2, -0.15) is 5.10 Å². The second-order valence-corrected chi connectivity index (χ2v) is 8.89. The van der Waals surface area contributed by atoms with Gasteiger partial charge in [0.25, 0.3) is 11.5 Å². The average molecular weight is 431 g/mol. The van der Waals surface area contributed by atoms with Crippen LogP contribution in [0.2, 0.25) is 0 Å². The minimum atomic E-state index is -0.153. The van der Waals surface area contributed by atoms with Gasteiger partial charge in [0, 0.05) is 23.9 Å². The Labute approximate surface area is 185 Å². The van der Waals surface area contributed by atoms with Crippen molar-refractivity contribution in [2.24, 2.45) is 5.41 Å². The zero-order valence-electron chi connectivity index (χ0n) is 18.3. The fraction of sp³-hybridized carbons (Fsp3) is 0.360. The average Bonchev–Trinajstić information content (AvgIpc) is 3.15. The number of fused-ring (bicyclic) bond motifs is 2. The van der Waals surface area contributed by atoms with E-state index in [2.05, 4.69) is 27.4 Å². The van der Waals surface area contributed by atoms with E-state index in [9.17, 15) is 9.59 Å². The Balaban J connectivity index is 1.23. The van der Waals surface area contributed by atoms with Gasteiger partial charge in [0.1, 0.15) is 5.52 Å². The summed E-state index contributed by atoms with van der Waals surface area (Å²) in [6.07, 6.45) is 4.71. The number of H-pyrrole nitrogens is 1. The van der Waals surface area contributed by atoms with E-state index in [1.165, 1.54) is 0 Å². The third-order valence-corrected chi connectivity index (χ3v) is 6.87. The molecule has 164 valence electrons. The summed E-state index contributed by atoms with van der Waals surface area (Å²) < 4.78 is 5.55. The van der Waals surface area contributed by atoms with Crippen molar-refractivity contribution in [2.75, 3.05) is 0 Å². The number of nitrogens with one attached hydrogen (secondary N) is 2. The highest BCUT2D eigenvalue weighted by atomic mass is 16.3. The number of benzene rings is 2. The predicted octanol–water partition coefficient (Wildman–Crippen LogP) is 4.29. The Morgan fingerprint density at radius 1 is 1.22 bits per heavy atom. The van der Waals surface area contributed by atoms with E-state index >= 15 is 0 Å². The number of hydrogen-bond donors (Lipinski definition) is 2. The molecule has 32 heavy (non-hydrogen) atoms. The molecule has 0 aliphatic heterocycles. The molecule has 7 heteroatoms. The molecular formula is C25H26N4O3. The number of carbonyl (C=O) groups is 1. The fourth-order valence-electron chi connectivity index (χ4n) is 4.95. The van der Waals surface area contributed by atoms with Crippen LogP contribution in [0.5, 0.6) is 0 Å². The molecule has 4 aromatic rings. The van der Waals surface area contributed by atoms with E-state index in [0.29, 0.717) is 22.4 Å². The summed E-state index contributed by atoms with van der Waals surface area (Å²) in [5.41, 5.74) is 2.94. The number of aromatic nitrogens is 3. The monoisotopic (exact) mass is 430 g/mol. The molecule has 5 rings (SSSR count). The summed E-state index contributed by atoms with van der Waals surface area (Å²) in [6.45, 7) is 4.00. The molecule has 2 N–H and O–H groups in total. The predicted molar refractivity (Wildman–Crippen MR) is 123 cm³/mol. The van der Waals surface area contributed by atoms with Gasteiger partial charge in [0.15, 0.2) is 11.5 Å². The normalized spacial score (nSPS) is 20.4. The molecule has 0 atom stereocenters. The number of rotatable bonds is 6. The molecule has 0 saturated heterocycles. The first-order chi connectivity index (χ1) is 15.5. The zero-order valence-corrected chi connectivity index (χ0v) is 18.3. The first-order valence-electron chi connectivity index (χ1n) is 11.1. The molecule has 2 aromatic carbocycles. The Hall–Kier alpha value is -3.48. The van der Waals surface area contributed by atoms with Gasteiger partial charge in [-0.1, -0.05) is 31.5 Å². The van der Waals surface area contributed by atoms with Crippen LogP contribution in [0.1, 0.15) is 54.5 Å². The third-order valence-electron chi connectivity index (χ3n) is 6.87. The van der Waals surface area contributed by atoms with E-state index < -0.39 is 0 Å². The molecule has 1 fully saturated rings. The maximum atomic E-state index is 12.7. The summed E-state index contributed by atoms with van der Waals surface area (Å²) in [5.74, 6) is 0.512. The summed E-state index contributed by atoms with van der Waals surface area (Å²) in [5, 5.41) is 11.7. The van der Waals surface area contributed by atoms with E-state index in [-0.39, 0.29) is 22.9 Å². The van der Waals surface area contributed by atoms with Crippen LogP contribution in [0, 0.1) is 12.3 Å². The lowest BCUT2D eigenvalue weighted by atomic mass is 9.61. The highest BCUT2D eigenvalue weighted by Crippen LogP contribution is 2.47. The summed E-state index contributed by atoms with van der Waals surface area (Å²) >= 11 is 0. The third kappa shape index (κ3) is 3.68. The standard InChI is InChI=1S/C25H26N4O3/c1-3-25(11-10-20-18-6-4-5-7-19(18)24(31)29-28-20)13-17(14-25)27-23(30)16-8-9-21-22(12-16)32-15(2)26-21/h4-9,12,17H,3,10-11,13-14H2,1-2H3,(H,27,30)(H,29,31)/t17-,25-. The van der Waals surface area contributed by atoms with Crippen molar-refractivity contribution >= 4 is 27.8 Å². The number of aryl methyl sites for hydroxylation is 2. The second kappa shape index (κ2) is 7.89. The van der Waals surface area contributed by atoms with Crippen LogP contribution >= 0.6 is 0 Å². The SMILES string of the molecule is CC[C@]1(CCc2n[nH]c(=O)c3ccccc23)C[C@H](NC(=O)c2ccc3nc(C)oc3c2)C1. The highest BCUT2D eigenvalue weighted by molar-refractivity contribution is 5.97. The fourth-order valence-corrected chi connectivity index (χ4v) is 4.95. The molecule has 1 amide bonds. The molecule has 0 spiro atoms. The lowest BCUT2D eigenvalue weighted by Crippen LogP contribution is -2.50. The number of nitrogens with zero attached hydrogens (tertiary/aromatic N) is 2. The van der Waals surface area contributed by atoms with Gasteiger partial charge in [-0.15, -0.1) is 0 Å². The maximum Gasteiger partial charge on any atom is 0.272 e. The van der Waals surface area contributed by atoms with Crippen molar-refractivity contribution in [1.29, 1.82) is 0 Å². The van der Waals surface area contributed by atoms with E-state index in [1.807, 2.05) is 30.3 Å². The van der Waals surface area contributed by atoms with Gasteiger partial charge >= 0.3 is 0 Å². The number of aromatic amines is 1. The van der Waals surface area contributed by atoms with Crippen LogP contribution in [0.4, 0.5) is 0 Å². The summed E-state index contributed by atoms with van der Waals surface area (Å²) in [6, 6.07) is 13.1. The molecular weight excluding hydrogens is 404 g/mol. The van der Waals surface area contributed by atoms with Crippen LogP contribution in [0.3, 0.4) is 0 Å². The summed E-state index contributed by atoms with van der Waals surface area (Å²) in [4.78, 5) is 29.0. The zero-order chi connectivity index (χ0) is 22.3. The molecule has 2 aromatic heterocycles. The van der Waals surface area contributed by atoms with E-state index in [1.54, 1.807) is 19.1 Å². The highest BCUT2D eigenvalue weighted by Gasteiger charge is 2.43. The molecule has 1 aliphatic carbocycles. The van der Waals surface area contributed by atoms with Crippen LogP contribution < -0.4 is 10.9 Å².